The van der Waals surface area contributed by atoms with Crippen LogP contribution in [0.4, 0.5) is 0 Å². The van der Waals surface area contributed by atoms with E-state index in [9.17, 15) is 9.90 Å². The number of fused-ring (bicyclic) bond motifs is 7. The van der Waals surface area contributed by atoms with Crippen molar-refractivity contribution in [2.45, 2.75) is 112 Å². The van der Waals surface area contributed by atoms with Crippen LogP contribution in [-0.2, 0) is 9.53 Å². The maximum atomic E-state index is 13.3. The SMILES string of the molecule is C=C(C)[C@@H]1CC[C@]2(C(=O)OC)CC[C@]3(C)[C@H](CC[C@@H]4[C@@]5(C)CCC(O)C(C)(C)[C@@H]5CC[C@]43C)[C@@H]12. The number of hydrogen-bond donors (Lipinski definition) is 1. The molecule has 5 aliphatic carbocycles. The lowest BCUT2D eigenvalue weighted by Gasteiger charge is -2.72. The quantitative estimate of drug-likeness (QED) is 0.343. The van der Waals surface area contributed by atoms with Gasteiger partial charge in [-0.3, -0.25) is 4.79 Å². The second-order valence-corrected chi connectivity index (χ2v) is 14.7. The molecular formula is C31H50O3. The molecule has 5 saturated carbocycles. The van der Waals surface area contributed by atoms with E-state index in [2.05, 4.69) is 48.1 Å². The number of aliphatic hydroxyl groups is 1. The van der Waals surface area contributed by atoms with Crippen LogP contribution in [-0.4, -0.2) is 24.3 Å². The molecule has 0 spiro atoms. The molecule has 0 aliphatic heterocycles. The van der Waals surface area contributed by atoms with E-state index >= 15 is 0 Å². The largest absolute Gasteiger partial charge is 0.469 e. The van der Waals surface area contributed by atoms with Crippen LogP contribution in [0.3, 0.4) is 0 Å². The van der Waals surface area contributed by atoms with E-state index in [0.717, 1.165) is 38.5 Å². The number of hydrogen-bond acceptors (Lipinski definition) is 3. The molecule has 3 heteroatoms. The molecule has 0 heterocycles. The summed E-state index contributed by atoms with van der Waals surface area (Å²) in [6, 6.07) is 0. The van der Waals surface area contributed by atoms with Crippen LogP contribution in [0.25, 0.3) is 0 Å². The molecule has 0 amide bonds. The molecule has 5 aliphatic rings. The lowest BCUT2D eigenvalue weighted by molar-refractivity contribution is -0.248. The van der Waals surface area contributed by atoms with Crippen molar-refractivity contribution in [3.05, 3.63) is 12.2 Å². The zero-order valence-electron chi connectivity index (χ0n) is 23.0. The summed E-state index contributed by atoms with van der Waals surface area (Å²) in [4.78, 5) is 13.3. The number of allylic oxidation sites excluding steroid dienone is 1. The van der Waals surface area contributed by atoms with Crippen molar-refractivity contribution in [1.29, 1.82) is 0 Å². The van der Waals surface area contributed by atoms with Crippen LogP contribution in [0.15, 0.2) is 12.2 Å². The monoisotopic (exact) mass is 470 g/mol. The highest BCUT2D eigenvalue weighted by Crippen LogP contribution is 2.77. The van der Waals surface area contributed by atoms with Crippen LogP contribution in [0.5, 0.6) is 0 Å². The van der Waals surface area contributed by atoms with Gasteiger partial charge in [0.25, 0.3) is 0 Å². The zero-order chi connectivity index (χ0) is 24.9. The fourth-order valence-electron chi connectivity index (χ4n) is 11.7. The Morgan fingerprint density at radius 2 is 1.56 bits per heavy atom. The normalized spacial score (nSPS) is 53.6. The standard InChI is InChI=1S/C31H50O3/c1-19(2)20-11-16-31(26(33)34-8)18-17-29(6)21(25(20)31)9-10-23-28(5)14-13-24(32)27(3,4)22(28)12-15-30(23,29)7/h20-25,32H,1,9-18H2,2-8H3/t20-,21+,22-,23+,24?,25+,28-,29+,30+,31-/m0/s1. The smallest absolute Gasteiger partial charge is 0.312 e. The van der Waals surface area contributed by atoms with E-state index in [1.807, 2.05) is 0 Å². The van der Waals surface area contributed by atoms with Gasteiger partial charge < -0.3 is 9.84 Å². The first-order valence-corrected chi connectivity index (χ1v) is 14.2. The first-order chi connectivity index (χ1) is 15.8. The van der Waals surface area contributed by atoms with Crippen LogP contribution in [0, 0.1) is 56.7 Å². The number of carbonyl (C=O) groups excluding carboxylic acids is 1. The van der Waals surface area contributed by atoms with E-state index in [4.69, 9.17) is 4.74 Å². The third kappa shape index (κ3) is 2.83. The van der Waals surface area contributed by atoms with Crippen molar-refractivity contribution in [2.24, 2.45) is 56.7 Å². The molecule has 10 atom stereocenters. The highest BCUT2D eigenvalue weighted by molar-refractivity contribution is 5.78. The van der Waals surface area contributed by atoms with Crippen LogP contribution < -0.4 is 0 Å². The van der Waals surface area contributed by atoms with E-state index in [1.165, 1.54) is 31.3 Å². The highest BCUT2D eigenvalue weighted by Gasteiger charge is 2.72. The summed E-state index contributed by atoms with van der Waals surface area (Å²) in [6.07, 6.45) is 11.1. The van der Waals surface area contributed by atoms with Crippen molar-refractivity contribution in [3.63, 3.8) is 0 Å². The number of methoxy groups -OCH3 is 1. The number of aliphatic hydroxyl groups excluding tert-OH is 1. The predicted molar refractivity (Wildman–Crippen MR) is 137 cm³/mol. The van der Waals surface area contributed by atoms with Gasteiger partial charge in [-0.05, 0) is 122 Å². The number of ether oxygens (including phenoxy) is 1. The Bertz CT molecular complexity index is 876. The topological polar surface area (TPSA) is 46.5 Å². The van der Waals surface area contributed by atoms with E-state index < -0.39 is 0 Å². The van der Waals surface area contributed by atoms with E-state index in [0.29, 0.717) is 35.0 Å². The average Bonchev–Trinajstić information content (AvgIpc) is 3.18. The molecule has 192 valence electrons. The Hall–Kier alpha value is -0.830. The molecule has 0 aromatic carbocycles. The molecule has 3 nitrogen and oxygen atoms in total. The summed E-state index contributed by atoms with van der Waals surface area (Å²) >= 11 is 0. The van der Waals surface area contributed by atoms with Gasteiger partial charge in [-0.2, -0.15) is 0 Å². The molecule has 1 unspecified atom stereocenters. The number of carbonyl (C=O) groups is 1. The van der Waals surface area contributed by atoms with Gasteiger partial charge in [0.1, 0.15) is 0 Å². The van der Waals surface area contributed by atoms with Crippen LogP contribution in [0.2, 0.25) is 0 Å². The van der Waals surface area contributed by atoms with Gasteiger partial charge in [-0.1, -0.05) is 46.8 Å². The number of esters is 1. The maximum absolute atomic E-state index is 13.3. The summed E-state index contributed by atoms with van der Waals surface area (Å²) in [6.45, 7) is 19.1. The summed E-state index contributed by atoms with van der Waals surface area (Å²) < 4.78 is 5.49. The van der Waals surface area contributed by atoms with Gasteiger partial charge >= 0.3 is 5.97 Å². The predicted octanol–water partition coefficient (Wildman–Crippen LogP) is 7.18. The van der Waals surface area contributed by atoms with Crippen molar-refractivity contribution >= 4 is 5.97 Å². The van der Waals surface area contributed by atoms with E-state index in [-0.39, 0.29) is 33.7 Å². The van der Waals surface area contributed by atoms with Gasteiger partial charge in [-0.15, -0.1) is 0 Å². The van der Waals surface area contributed by atoms with Gasteiger partial charge in [-0.25, -0.2) is 0 Å². The average molecular weight is 471 g/mol. The number of rotatable bonds is 2. The molecule has 0 saturated heterocycles. The first kappa shape index (κ1) is 24.8. The second-order valence-electron chi connectivity index (χ2n) is 14.7. The molecule has 0 radical (unpaired) electrons. The zero-order valence-corrected chi connectivity index (χ0v) is 23.0. The maximum Gasteiger partial charge on any atom is 0.312 e. The Labute approximate surface area is 208 Å². The van der Waals surface area contributed by atoms with Crippen molar-refractivity contribution in [2.75, 3.05) is 7.11 Å². The third-order valence-corrected chi connectivity index (χ3v) is 13.6. The fourth-order valence-corrected chi connectivity index (χ4v) is 11.7. The van der Waals surface area contributed by atoms with Gasteiger partial charge in [0.05, 0.1) is 18.6 Å². The molecule has 0 aromatic rings. The summed E-state index contributed by atoms with van der Waals surface area (Å²) in [7, 11) is 1.59. The van der Waals surface area contributed by atoms with Crippen molar-refractivity contribution in [1.82, 2.24) is 0 Å². The summed E-state index contributed by atoms with van der Waals surface area (Å²) in [5.74, 6) is 2.72. The second kappa shape index (κ2) is 7.59. The lowest BCUT2D eigenvalue weighted by Crippen LogP contribution is -2.67. The molecule has 5 fully saturated rings. The van der Waals surface area contributed by atoms with Gasteiger partial charge in [0.15, 0.2) is 0 Å². The van der Waals surface area contributed by atoms with Gasteiger partial charge in [0, 0.05) is 0 Å². The molecule has 34 heavy (non-hydrogen) atoms. The van der Waals surface area contributed by atoms with Crippen molar-refractivity contribution in [3.8, 4) is 0 Å². The minimum atomic E-state index is -0.302. The Morgan fingerprint density at radius 1 is 0.853 bits per heavy atom. The Kier molecular flexibility index (Phi) is 5.55. The molecule has 0 aromatic heterocycles. The van der Waals surface area contributed by atoms with Crippen molar-refractivity contribution < 1.29 is 14.6 Å². The molecule has 1 N–H and O–H groups in total. The third-order valence-electron chi connectivity index (χ3n) is 13.6. The molecular weight excluding hydrogens is 420 g/mol. The summed E-state index contributed by atoms with van der Waals surface area (Å²) in [5.41, 5.74) is 1.78. The molecule has 5 rings (SSSR count). The first-order valence-electron chi connectivity index (χ1n) is 14.2. The minimum absolute atomic E-state index is 0.00478. The fraction of sp³-hybridized carbons (Fsp3) is 0.903. The highest BCUT2D eigenvalue weighted by atomic mass is 16.5. The lowest BCUT2D eigenvalue weighted by atomic mass is 9.32. The van der Waals surface area contributed by atoms with E-state index in [1.54, 1.807) is 7.11 Å². The molecule has 0 bridgehead atoms. The van der Waals surface area contributed by atoms with Crippen LogP contribution >= 0.6 is 0 Å². The minimum Gasteiger partial charge on any atom is -0.469 e. The summed E-state index contributed by atoms with van der Waals surface area (Å²) in [5, 5.41) is 10.9. The Balaban J connectivity index is 1.56. The Morgan fingerprint density at radius 3 is 2.21 bits per heavy atom. The van der Waals surface area contributed by atoms with Crippen LogP contribution in [0.1, 0.15) is 106 Å². The van der Waals surface area contributed by atoms with Gasteiger partial charge in [0.2, 0.25) is 0 Å².